The first-order valence-electron chi connectivity index (χ1n) is 7.81. The molecule has 2 heterocycles. The molecule has 0 bridgehead atoms. The molecule has 1 aromatic carbocycles. The highest BCUT2D eigenvalue weighted by Crippen LogP contribution is 2.20. The van der Waals surface area contributed by atoms with Gasteiger partial charge in [0.15, 0.2) is 0 Å². The van der Waals surface area contributed by atoms with Gasteiger partial charge in [-0.1, -0.05) is 18.2 Å². The first kappa shape index (κ1) is 15.6. The predicted octanol–water partition coefficient (Wildman–Crippen LogP) is 0.613. The molecule has 1 aliphatic rings. The summed E-state index contributed by atoms with van der Waals surface area (Å²) in [6.45, 7) is 3.88. The largest absolute Gasteiger partial charge is 0.387 e. The van der Waals surface area contributed by atoms with Gasteiger partial charge in [0, 0.05) is 43.3 Å². The van der Waals surface area contributed by atoms with Gasteiger partial charge in [0.1, 0.15) is 13.2 Å². The molecule has 1 saturated heterocycles. The highest BCUT2D eigenvalue weighted by molar-refractivity contribution is 5.86. The zero-order chi connectivity index (χ0) is 16.4. The highest BCUT2D eigenvalue weighted by Gasteiger charge is 2.24. The minimum Gasteiger partial charge on any atom is -0.387 e. The van der Waals surface area contributed by atoms with Crippen LogP contribution < -0.4 is 0 Å². The van der Waals surface area contributed by atoms with Gasteiger partial charge < -0.3 is 19.5 Å². The quantitative estimate of drug-likeness (QED) is 0.903. The van der Waals surface area contributed by atoms with Crippen LogP contribution in [0.5, 0.6) is 0 Å². The van der Waals surface area contributed by atoms with E-state index >= 15 is 0 Å². The maximum atomic E-state index is 12.5. The molecule has 1 aromatic heterocycles. The Labute approximate surface area is 134 Å². The van der Waals surface area contributed by atoms with Crippen LogP contribution in [0.25, 0.3) is 10.9 Å². The van der Waals surface area contributed by atoms with Gasteiger partial charge in [0.2, 0.25) is 11.8 Å². The number of carbonyl (C=O) groups excluding carboxylic acids is 2. The van der Waals surface area contributed by atoms with Gasteiger partial charge in [-0.05, 0) is 18.6 Å². The van der Waals surface area contributed by atoms with E-state index in [0.717, 1.165) is 11.1 Å². The van der Waals surface area contributed by atoms with Gasteiger partial charge in [-0.15, -0.1) is 0 Å². The van der Waals surface area contributed by atoms with Crippen molar-refractivity contribution >= 4 is 22.7 Å². The summed E-state index contributed by atoms with van der Waals surface area (Å²) in [4.78, 5) is 27.3. The number of carbonyl (C=O) groups is 2. The summed E-state index contributed by atoms with van der Waals surface area (Å²) in [5.74, 6) is -0.217. The lowest BCUT2D eigenvalue weighted by atomic mass is 10.2. The van der Waals surface area contributed by atoms with E-state index in [4.69, 9.17) is 5.11 Å². The molecule has 0 saturated carbocycles. The molecule has 1 aliphatic heterocycles. The van der Waals surface area contributed by atoms with Crippen LogP contribution in [0.1, 0.15) is 5.56 Å². The van der Waals surface area contributed by atoms with Gasteiger partial charge in [-0.25, -0.2) is 0 Å². The van der Waals surface area contributed by atoms with Crippen molar-refractivity contribution in [3.63, 3.8) is 0 Å². The second-order valence-electron chi connectivity index (χ2n) is 5.88. The summed E-state index contributed by atoms with van der Waals surface area (Å²) < 4.78 is 1.98. The van der Waals surface area contributed by atoms with Crippen molar-refractivity contribution in [2.75, 3.05) is 32.8 Å². The molecule has 2 amide bonds. The number of rotatable bonds is 3. The van der Waals surface area contributed by atoms with E-state index in [-0.39, 0.29) is 11.8 Å². The summed E-state index contributed by atoms with van der Waals surface area (Å²) in [5.41, 5.74) is 2.22. The third-order valence-electron chi connectivity index (χ3n) is 4.41. The van der Waals surface area contributed by atoms with Crippen molar-refractivity contribution in [3.05, 3.63) is 36.0 Å². The maximum absolute atomic E-state index is 12.5. The molecule has 23 heavy (non-hydrogen) atoms. The van der Waals surface area contributed by atoms with Crippen molar-refractivity contribution < 1.29 is 14.7 Å². The summed E-state index contributed by atoms with van der Waals surface area (Å²) in [6.07, 6.45) is 2.01. The van der Waals surface area contributed by atoms with Gasteiger partial charge in [0.05, 0.1) is 0 Å². The SMILES string of the molecule is Cc1cn(CC(=O)N2CCN(C(=O)CO)CC2)c2ccccc12. The molecule has 0 radical (unpaired) electrons. The van der Waals surface area contributed by atoms with Crippen molar-refractivity contribution in [3.8, 4) is 0 Å². The number of piperazine rings is 1. The van der Waals surface area contributed by atoms with Crippen LogP contribution in [-0.4, -0.2) is 64.1 Å². The van der Waals surface area contributed by atoms with Gasteiger partial charge in [0.25, 0.3) is 0 Å². The third kappa shape index (κ3) is 3.07. The molecule has 6 nitrogen and oxygen atoms in total. The fourth-order valence-corrected chi connectivity index (χ4v) is 3.11. The fraction of sp³-hybridized carbons (Fsp3) is 0.412. The lowest BCUT2D eigenvalue weighted by Gasteiger charge is -2.34. The molecule has 1 fully saturated rings. The average molecular weight is 315 g/mol. The number of aryl methyl sites for hydroxylation is 1. The highest BCUT2D eigenvalue weighted by atomic mass is 16.3. The van der Waals surface area contributed by atoms with E-state index < -0.39 is 6.61 Å². The van der Waals surface area contributed by atoms with Gasteiger partial charge in [-0.2, -0.15) is 0 Å². The van der Waals surface area contributed by atoms with Crippen LogP contribution >= 0.6 is 0 Å². The van der Waals surface area contributed by atoms with Crippen molar-refractivity contribution in [2.45, 2.75) is 13.5 Å². The zero-order valence-corrected chi connectivity index (χ0v) is 13.2. The number of aromatic nitrogens is 1. The number of aliphatic hydroxyl groups excluding tert-OH is 1. The van der Waals surface area contributed by atoms with Crippen molar-refractivity contribution in [1.29, 1.82) is 0 Å². The fourth-order valence-electron chi connectivity index (χ4n) is 3.11. The number of hydrogen-bond donors (Lipinski definition) is 1. The molecule has 0 unspecified atom stereocenters. The van der Waals surface area contributed by atoms with E-state index in [0.29, 0.717) is 32.7 Å². The van der Waals surface area contributed by atoms with Crippen LogP contribution in [0.15, 0.2) is 30.5 Å². The van der Waals surface area contributed by atoms with Crippen molar-refractivity contribution in [2.24, 2.45) is 0 Å². The lowest BCUT2D eigenvalue weighted by Crippen LogP contribution is -2.51. The Morgan fingerprint density at radius 2 is 1.65 bits per heavy atom. The maximum Gasteiger partial charge on any atom is 0.248 e. The molecule has 2 aromatic rings. The molecule has 0 aliphatic carbocycles. The van der Waals surface area contributed by atoms with Crippen molar-refractivity contribution in [1.82, 2.24) is 14.4 Å². The Hall–Kier alpha value is -2.34. The molecular formula is C17H21N3O3. The topological polar surface area (TPSA) is 65.8 Å². The number of amides is 2. The molecular weight excluding hydrogens is 294 g/mol. The number of nitrogens with zero attached hydrogens (tertiary/aromatic N) is 3. The second kappa shape index (κ2) is 6.42. The van der Waals surface area contributed by atoms with Crippen LogP contribution in [0.2, 0.25) is 0 Å². The molecule has 122 valence electrons. The van der Waals surface area contributed by atoms with Crippen LogP contribution in [0.4, 0.5) is 0 Å². The Balaban J connectivity index is 1.67. The summed E-state index contributed by atoms with van der Waals surface area (Å²) >= 11 is 0. The first-order valence-corrected chi connectivity index (χ1v) is 7.81. The normalized spacial score (nSPS) is 15.2. The zero-order valence-electron chi connectivity index (χ0n) is 13.2. The number of para-hydroxylation sites is 1. The summed E-state index contributed by atoms with van der Waals surface area (Å²) in [5, 5.41) is 10.1. The number of benzene rings is 1. The third-order valence-corrected chi connectivity index (χ3v) is 4.41. The van der Waals surface area contributed by atoms with Gasteiger partial charge in [-0.3, -0.25) is 9.59 Å². The lowest BCUT2D eigenvalue weighted by molar-refractivity contribution is -0.141. The van der Waals surface area contributed by atoms with Gasteiger partial charge >= 0.3 is 0 Å². The molecule has 1 N–H and O–H groups in total. The Bertz CT molecular complexity index is 730. The van der Waals surface area contributed by atoms with E-state index in [9.17, 15) is 9.59 Å². The Kier molecular flexibility index (Phi) is 4.34. The van der Waals surface area contributed by atoms with Crippen LogP contribution in [0, 0.1) is 6.92 Å². The molecule has 0 atom stereocenters. The smallest absolute Gasteiger partial charge is 0.248 e. The second-order valence-corrected chi connectivity index (χ2v) is 5.88. The Morgan fingerprint density at radius 1 is 1.04 bits per heavy atom. The van der Waals surface area contributed by atoms with E-state index in [1.807, 2.05) is 35.9 Å². The number of hydrogen-bond acceptors (Lipinski definition) is 3. The van der Waals surface area contributed by atoms with Crippen LogP contribution in [-0.2, 0) is 16.1 Å². The average Bonchev–Trinajstić information content (AvgIpc) is 2.90. The van der Waals surface area contributed by atoms with Crippen LogP contribution in [0.3, 0.4) is 0 Å². The standard InChI is InChI=1S/C17H21N3O3/c1-13-10-20(15-5-3-2-4-14(13)15)11-16(22)18-6-8-19(9-7-18)17(23)12-21/h2-5,10,21H,6-9,11-12H2,1H3. The first-order chi connectivity index (χ1) is 11.1. The summed E-state index contributed by atoms with van der Waals surface area (Å²) in [7, 11) is 0. The number of aliphatic hydroxyl groups is 1. The van der Waals surface area contributed by atoms with E-state index in [1.165, 1.54) is 5.39 Å². The molecule has 6 heteroatoms. The molecule has 3 rings (SSSR count). The van der Waals surface area contributed by atoms with E-state index in [2.05, 4.69) is 6.07 Å². The van der Waals surface area contributed by atoms with E-state index in [1.54, 1.807) is 9.80 Å². The molecule has 0 spiro atoms. The monoisotopic (exact) mass is 315 g/mol. The number of fused-ring (bicyclic) bond motifs is 1. The predicted molar refractivity (Wildman–Crippen MR) is 86.9 cm³/mol. The Morgan fingerprint density at radius 3 is 2.30 bits per heavy atom. The minimum atomic E-state index is -0.470. The minimum absolute atomic E-state index is 0.0573. The summed E-state index contributed by atoms with van der Waals surface area (Å²) in [6, 6.07) is 8.05.